The molecule has 0 aromatic heterocycles. The van der Waals surface area contributed by atoms with Gasteiger partial charge in [-0.3, -0.25) is 4.89 Å². The van der Waals surface area contributed by atoms with Gasteiger partial charge in [0, 0.05) is 12.0 Å². The number of ether oxygens (including phenoxy) is 1. The first-order chi connectivity index (χ1) is 11.9. The second-order valence-corrected chi connectivity index (χ2v) is 6.58. The third-order valence-electron chi connectivity index (χ3n) is 3.08. The Bertz CT molecular complexity index is 770. The Morgan fingerprint density at radius 3 is 2.16 bits per heavy atom. The first-order valence-corrected chi connectivity index (χ1v) is 9.04. The summed E-state index contributed by atoms with van der Waals surface area (Å²) < 4.78 is 27.0. The van der Waals surface area contributed by atoms with Gasteiger partial charge in [-0.05, 0) is 36.8 Å². The van der Waals surface area contributed by atoms with Gasteiger partial charge < -0.3 is 13.8 Å². The number of phosphoric acid groups is 1. The molecule has 0 heterocycles. The van der Waals surface area contributed by atoms with Gasteiger partial charge in [-0.2, -0.15) is 0 Å². The summed E-state index contributed by atoms with van der Waals surface area (Å²) in [5.74, 6) is 0.00737. The maximum absolute atomic E-state index is 12.0. The van der Waals surface area contributed by atoms with Gasteiger partial charge in [-0.25, -0.2) is 9.36 Å². The highest BCUT2D eigenvalue weighted by Crippen LogP contribution is 2.44. The van der Waals surface area contributed by atoms with E-state index in [0.29, 0.717) is 12.0 Å². The van der Waals surface area contributed by atoms with Gasteiger partial charge >= 0.3 is 13.8 Å². The standard InChI is InChI=1S/C18H19O6P/c1-14(2)18(19)22-13-12-15-8-10-17(11-9-15)24-25(20,21)23-16-6-4-3-5-7-16/h3-11H,1,12-13H2,2H3,(H,20,21). The molecule has 1 unspecified atom stereocenters. The molecule has 2 aromatic carbocycles. The van der Waals surface area contributed by atoms with Crippen LogP contribution in [0.1, 0.15) is 12.5 Å². The molecule has 0 saturated carbocycles. The van der Waals surface area contributed by atoms with Crippen LogP contribution in [0.25, 0.3) is 0 Å². The number of carbonyl (C=O) groups excluding carboxylic acids is 1. The molecule has 0 aliphatic heterocycles. The van der Waals surface area contributed by atoms with Crippen molar-refractivity contribution >= 4 is 13.8 Å². The van der Waals surface area contributed by atoms with E-state index in [2.05, 4.69) is 6.58 Å². The van der Waals surface area contributed by atoms with Gasteiger partial charge in [0.15, 0.2) is 0 Å². The molecule has 7 heteroatoms. The van der Waals surface area contributed by atoms with Gasteiger partial charge in [0.2, 0.25) is 0 Å². The van der Waals surface area contributed by atoms with Crippen molar-refractivity contribution in [3.05, 3.63) is 72.3 Å². The number of carbonyl (C=O) groups is 1. The summed E-state index contributed by atoms with van der Waals surface area (Å²) in [5, 5.41) is 0. The van der Waals surface area contributed by atoms with Crippen LogP contribution in [0.4, 0.5) is 0 Å². The molecule has 0 amide bonds. The van der Waals surface area contributed by atoms with Gasteiger partial charge in [0.25, 0.3) is 0 Å². The maximum Gasteiger partial charge on any atom is 0.584 e. The smallest absolute Gasteiger partial charge is 0.462 e. The lowest BCUT2D eigenvalue weighted by atomic mass is 10.1. The van der Waals surface area contributed by atoms with Gasteiger partial charge in [0.05, 0.1) is 6.61 Å². The first-order valence-electron chi connectivity index (χ1n) is 7.54. The fraction of sp³-hybridized carbons (Fsp3) is 0.167. The fourth-order valence-electron chi connectivity index (χ4n) is 1.87. The number of benzene rings is 2. The van der Waals surface area contributed by atoms with Crippen LogP contribution in [-0.4, -0.2) is 17.5 Å². The highest BCUT2D eigenvalue weighted by atomic mass is 31.2. The maximum atomic E-state index is 12.0. The monoisotopic (exact) mass is 362 g/mol. The van der Waals surface area contributed by atoms with E-state index in [0.717, 1.165) is 5.56 Å². The van der Waals surface area contributed by atoms with Crippen molar-refractivity contribution in [3.63, 3.8) is 0 Å². The molecular weight excluding hydrogens is 343 g/mol. The van der Waals surface area contributed by atoms with Crippen LogP contribution in [0.5, 0.6) is 11.5 Å². The SMILES string of the molecule is C=C(C)C(=O)OCCc1ccc(OP(=O)(O)Oc2ccccc2)cc1. The molecule has 2 aromatic rings. The van der Waals surface area contributed by atoms with Crippen LogP contribution in [0.15, 0.2) is 66.7 Å². The van der Waals surface area contributed by atoms with Crippen LogP contribution in [0.2, 0.25) is 0 Å². The van der Waals surface area contributed by atoms with E-state index in [1.807, 2.05) is 0 Å². The molecule has 1 N–H and O–H groups in total. The average Bonchev–Trinajstić information content (AvgIpc) is 2.56. The number of para-hydroxylation sites is 1. The summed E-state index contributed by atoms with van der Waals surface area (Å²) in [6.07, 6.45) is 0.511. The summed E-state index contributed by atoms with van der Waals surface area (Å²) in [5.41, 5.74) is 1.24. The van der Waals surface area contributed by atoms with Gasteiger partial charge in [-0.15, -0.1) is 0 Å². The molecule has 0 aliphatic rings. The predicted octanol–water partition coefficient (Wildman–Crippen LogP) is 3.91. The van der Waals surface area contributed by atoms with E-state index in [-0.39, 0.29) is 18.1 Å². The van der Waals surface area contributed by atoms with E-state index in [1.165, 1.54) is 0 Å². The Labute approximate surface area is 146 Å². The lowest BCUT2D eigenvalue weighted by Crippen LogP contribution is -2.08. The van der Waals surface area contributed by atoms with Crippen molar-refractivity contribution in [2.24, 2.45) is 0 Å². The highest BCUT2D eigenvalue weighted by Gasteiger charge is 2.24. The molecule has 0 fully saturated rings. The number of esters is 1. The molecule has 0 saturated heterocycles. The molecule has 2 rings (SSSR count). The Kier molecular flexibility index (Phi) is 6.39. The van der Waals surface area contributed by atoms with E-state index in [4.69, 9.17) is 13.8 Å². The van der Waals surface area contributed by atoms with Crippen molar-refractivity contribution in [1.82, 2.24) is 0 Å². The van der Waals surface area contributed by atoms with Crippen LogP contribution >= 0.6 is 7.82 Å². The number of hydrogen-bond donors (Lipinski definition) is 1. The Morgan fingerprint density at radius 1 is 1.04 bits per heavy atom. The second kappa shape index (κ2) is 8.51. The lowest BCUT2D eigenvalue weighted by molar-refractivity contribution is -0.138. The Balaban J connectivity index is 1.88. The molecule has 6 nitrogen and oxygen atoms in total. The molecular formula is C18H19O6P. The van der Waals surface area contributed by atoms with E-state index in [1.54, 1.807) is 61.5 Å². The molecule has 1 atom stereocenters. The lowest BCUT2D eigenvalue weighted by Gasteiger charge is -2.14. The molecule has 132 valence electrons. The average molecular weight is 362 g/mol. The molecule has 0 bridgehead atoms. The summed E-state index contributed by atoms with van der Waals surface area (Å²) in [4.78, 5) is 21.1. The molecule has 0 spiro atoms. The molecule has 25 heavy (non-hydrogen) atoms. The zero-order chi connectivity index (χ0) is 18.3. The van der Waals surface area contributed by atoms with Crippen LogP contribution in [0.3, 0.4) is 0 Å². The Morgan fingerprint density at radius 2 is 1.60 bits per heavy atom. The zero-order valence-electron chi connectivity index (χ0n) is 13.8. The van der Waals surface area contributed by atoms with E-state index < -0.39 is 13.8 Å². The quantitative estimate of drug-likeness (QED) is 0.436. The van der Waals surface area contributed by atoms with Crippen LogP contribution in [0, 0.1) is 0 Å². The first kappa shape index (κ1) is 18.8. The van der Waals surface area contributed by atoms with Gasteiger partial charge in [-0.1, -0.05) is 36.9 Å². The summed E-state index contributed by atoms with van der Waals surface area (Å²) >= 11 is 0. The summed E-state index contributed by atoms with van der Waals surface area (Å²) in [7, 11) is -4.28. The second-order valence-electron chi connectivity index (χ2n) is 5.27. The normalized spacial score (nSPS) is 12.7. The largest absolute Gasteiger partial charge is 0.584 e. The van der Waals surface area contributed by atoms with Crippen molar-refractivity contribution < 1.29 is 28.0 Å². The number of rotatable bonds is 8. The zero-order valence-corrected chi connectivity index (χ0v) is 14.6. The summed E-state index contributed by atoms with van der Waals surface area (Å²) in [6.45, 7) is 5.31. The Hall–Kier alpha value is -2.56. The van der Waals surface area contributed by atoms with Gasteiger partial charge in [0.1, 0.15) is 11.5 Å². The van der Waals surface area contributed by atoms with Crippen molar-refractivity contribution in [2.45, 2.75) is 13.3 Å². The van der Waals surface area contributed by atoms with Crippen molar-refractivity contribution in [1.29, 1.82) is 0 Å². The highest BCUT2D eigenvalue weighted by molar-refractivity contribution is 7.48. The fourth-order valence-corrected chi connectivity index (χ4v) is 2.68. The minimum atomic E-state index is -4.28. The van der Waals surface area contributed by atoms with Crippen molar-refractivity contribution in [3.8, 4) is 11.5 Å². The topological polar surface area (TPSA) is 82.1 Å². The van der Waals surface area contributed by atoms with E-state index in [9.17, 15) is 14.3 Å². The minimum absolute atomic E-state index is 0.199. The third kappa shape index (κ3) is 6.45. The van der Waals surface area contributed by atoms with E-state index >= 15 is 0 Å². The minimum Gasteiger partial charge on any atom is -0.462 e. The number of hydrogen-bond acceptors (Lipinski definition) is 5. The number of phosphoric ester groups is 1. The molecule has 0 aliphatic carbocycles. The predicted molar refractivity (Wildman–Crippen MR) is 93.4 cm³/mol. The van der Waals surface area contributed by atoms with Crippen LogP contribution < -0.4 is 9.05 Å². The van der Waals surface area contributed by atoms with Crippen molar-refractivity contribution in [2.75, 3.05) is 6.61 Å². The van der Waals surface area contributed by atoms with Crippen LogP contribution in [-0.2, 0) is 20.5 Å². The summed E-state index contributed by atoms with van der Waals surface area (Å²) in [6, 6.07) is 14.8. The third-order valence-corrected chi connectivity index (χ3v) is 3.96. The molecule has 0 radical (unpaired) electrons.